The summed E-state index contributed by atoms with van der Waals surface area (Å²) in [4.78, 5) is 4.88. The fourth-order valence-corrected chi connectivity index (χ4v) is 2.53. The van der Waals surface area contributed by atoms with E-state index in [9.17, 15) is 0 Å². The summed E-state index contributed by atoms with van der Waals surface area (Å²) in [5.41, 5.74) is 0. The lowest BCUT2D eigenvalue weighted by atomic mass is 10.0. The molecule has 1 saturated heterocycles. The maximum absolute atomic E-state index is 5.58. The minimum atomic E-state index is -0.0217. The lowest BCUT2D eigenvalue weighted by Gasteiger charge is -2.35. The molecule has 1 fully saturated rings. The third kappa shape index (κ3) is 5.65. The Hall–Kier alpha value is -0.160. The number of nitrogens with zero attached hydrogens (tertiary/aromatic N) is 2. The van der Waals surface area contributed by atoms with Gasteiger partial charge in [-0.05, 0) is 53.9 Å². The topological polar surface area (TPSA) is 24.9 Å². The van der Waals surface area contributed by atoms with Crippen LogP contribution in [0.5, 0.6) is 0 Å². The van der Waals surface area contributed by atoms with Crippen molar-refractivity contribution in [3.8, 4) is 0 Å². The minimum Gasteiger partial charge on any atom is -0.353 e. The van der Waals surface area contributed by atoms with Gasteiger partial charge in [-0.2, -0.15) is 0 Å². The van der Waals surface area contributed by atoms with Gasteiger partial charge in [0, 0.05) is 32.2 Å². The average molecular weight is 258 g/mol. The number of hydrogen-bond donors (Lipinski definition) is 0. The molecule has 4 heteroatoms. The molecule has 0 aliphatic carbocycles. The van der Waals surface area contributed by atoms with Crippen LogP contribution in [0.4, 0.5) is 0 Å². The van der Waals surface area contributed by atoms with Crippen molar-refractivity contribution >= 4 is 0 Å². The van der Waals surface area contributed by atoms with Gasteiger partial charge in [-0.1, -0.05) is 0 Å². The third-order valence-electron chi connectivity index (χ3n) is 3.67. The zero-order chi connectivity index (χ0) is 13.4. The molecule has 0 atom stereocenters. The number of piperidine rings is 1. The maximum atomic E-state index is 5.58. The molecular formula is C14H30N2O2. The van der Waals surface area contributed by atoms with Crippen molar-refractivity contribution < 1.29 is 9.47 Å². The third-order valence-corrected chi connectivity index (χ3v) is 3.67. The average Bonchev–Trinajstić information content (AvgIpc) is 2.37. The van der Waals surface area contributed by atoms with E-state index in [-0.39, 0.29) is 6.29 Å². The lowest BCUT2D eigenvalue weighted by Crippen LogP contribution is -2.42. The van der Waals surface area contributed by atoms with Gasteiger partial charge in [0.1, 0.15) is 0 Å². The molecule has 0 radical (unpaired) electrons. The Balaban J connectivity index is 2.19. The van der Waals surface area contributed by atoms with Gasteiger partial charge < -0.3 is 19.3 Å². The maximum Gasteiger partial charge on any atom is 0.158 e. The van der Waals surface area contributed by atoms with Crippen molar-refractivity contribution in [1.82, 2.24) is 9.80 Å². The molecule has 1 aliphatic rings. The van der Waals surface area contributed by atoms with Crippen molar-refractivity contribution in [3.05, 3.63) is 0 Å². The number of likely N-dealkylation sites (tertiary alicyclic amines) is 1. The van der Waals surface area contributed by atoms with E-state index in [0.717, 1.165) is 32.2 Å². The predicted molar refractivity (Wildman–Crippen MR) is 74.8 cm³/mol. The van der Waals surface area contributed by atoms with Gasteiger partial charge in [0.05, 0.1) is 0 Å². The summed E-state index contributed by atoms with van der Waals surface area (Å²) < 4.78 is 11.2. The van der Waals surface area contributed by atoms with Crippen molar-refractivity contribution in [2.45, 2.75) is 45.4 Å². The fraction of sp³-hybridized carbons (Fsp3) is 1.00. The van der Waals surface area contributed by atoms with E-state index in [2.05, 4.69) is 23.9 Å². The highest BCUT2D eigenvalue weighted by Crippen LogP contribution is 2.15. The van der Waals surface area contributed by atoms with Crippen molar-refractivity contribution in [3.63, 3.8) is 0 Å². The summed E-state index contributed by atoms with van der Waals surface area (Å²) in [6.07, 6.45) is 3.52. The zero-order valence-electron chi connectivity index (χ0n) is 12.5. The molecule has 0 amide bonds. The minimum absolute atomic E-state index is 0.0217. The molecule has 1 rings (SSSR count). The van der Waals surface area contributed by atoms with Crippen LogP contribution in [-0.2, 0) is 9.47 Å². The molecule has 1 aliphatic heterocycles. The molecular weight excluding hydrogens is 228 g/mol. The summed E-state index contributed by atoms with van der Waals surface area (Å²) in [7, 11) is 4.36. The molecule has 0 spiro atoms. The molecule has 0 saturated carbocycles. The highest BCUT2D eigenvalue weighted by Gasteiger charge is 2.21. The second-order valence-electron chi connectivity index (χ2n) is 5.17. The second kappa shape index (κ2) is 8.86. The number of rotatable bonds is 8. The van der Waals surface area contributed by atoms with Gasteiger partial charge in [0.25, 0.3) is 0 Å². The van der Waals surface area contributed by atoms with Gasteiger partial charge >= 0.3 is 0 Å². The number of hydrogen-bond acceptors (Lipinski definition) is 4. The first-order chi connectivity index (χ1) is 8.67. The van der Waals surface area contributed by atoms with E-state index in [4.69, 9.17) is 9.47 Å². The summed E-state index contributed by atoms with van der Waals surface area (Å²) in [6, 6.07) is 0.760. The highest BCUT2D eigenvalue weighted by atomic mass is 16.7. The van der Waals surface area contributed by atoms with Crippen LogP contribution in [0.15, 0.2) is 0 Å². The Labute approximate surface area is 112 Å². The second-order valence-corrected chi connectivity index (χ2v) is 5.17. The van der Waals surface area contributed by atoms with Gasteiger partial charge in [0.2, 0.25) is 0 Å². The van der Waals surface area contributed by atoms with Crippen LogP contribution in [0.3, 0.4) is 0 Å². The lowest BCUT2D eigenvalue weighted by molar-refractivity contribution is -0.142. The van der Waals surface area contributed by atoms with Crippen LogP contribution in [0.2, 0.25) is 0 Å². The summed E-state index contributed by atoms with van der Waals surface area (Å²) >= 11 is 0. The molecule has 1 heterocycles. The highest BCUT2D eigenvalue weighted by molar-refractivity contribution is 4.76. The normalized spacial score (nSPS) is 19.0. The largest absolute Gasteiger partial charge is 0.353 e. The van der Waals surface area contributed by atoms with E-state index in [1.807, 2.05) is 13.8 Å². The Morgan fingerprint density at radius 3 is 2.11 bits per heavy atom. The molecule has 108 valence electrons. The molecule has 0 bridgehead atoms. The van der Waals surface area contributed by atoms with Gasteiger partial charge in [0.15, 0.2) is 6.29 Å². The first-order valence-corrected chi connectivity index (χ1v) is 7.29. The predicted octanol–water partition coefficient (Wildman–Crippen LogP) is 1.80. The molecule has 0 aromatic carbocycles. The molecule has 0 aromatic rings. The molecule has 18 heavy (non-hydrogen) atoms. The quantitative estimate of drug-likeness (QED) is 0.620. The van der Waals surface area contributed by atoms with Crippen molar-refractivity contribution in [1.29, 1.82) is 0 Å². The summed E-state index contributed by atoms with van der Waals surface area (Å²) in [6.45, 7) is 9.00. The Bertz CT molecular complexity index is 198. The van der Waals surface area contributed by atoms with Crippen LogP contribution < -0.4 is 0 Å². The summed E-state index contributed by atoms with van der Waals surface area (Å²) in [5.74, 6) is 0. The Kier molecular flexibility index (Phi) is 7.82. The molecule has 0 unspecified atom stereocenters. The van der Waals surface area contributed by atoms with Crippen molar-refractivity contribution in [2.75, 3.05) is 46.9 Å². The van der Waals surface area contributed by atoms with E-state index < -0.39 is 0 Å². The van der Waals surface area contributed by atoms with Crippen LogP contribution >= 0.6 is 0 Å². The van der Waals surface area contributed by atoms with Crippen molar-refractivity contribution in [2.24, 2.45) is 0 Å². The first-order valence-electron chi connectivity index (χ1n) is 7.29. The Morgan fingerprint density at radius 2 is 1.67 bits per heavy atom. The number of ether oxygens (including phenoxy) is 2. The monoisotopic (exact) mass is 258 g/mol. The Morgan fingerprint density at radius 1 is 1.11 bits per heavy atom. The van der Waals surface area contributed by atoms with E-state index in [0.29, 0.717) is 0 Å². The molecule has 4 nitrogen and oxygen atoms in total. The van der Waals surface area contributed by atoms with Crippen LogP contribution in [0.25, 0.3) is 0 Å². The van der Waals surface area contributed by atoms with E-state index >= 15 is 0 Å². The molecule has 0 aromatic heterocycles. The SMILES string of the molecule is CCOC(CCN1CCC(N(C)C)CC1)OCC. The molecule has 0 N–H and O–H groups in total. The van der Waals surface area contributed by atoms with Gasteiger partial charge in [-0.15, -0.1) is 0 Å². The summed E-state index contributed by atoms with van der Waals surface area (Å²) in [5, 5.41) is 0. The fourth-order valence-electron chi connectivity index (χ4n) is 2.53. The zero-order valence-corrected chi connectivity index (χ0v) is 12.5. The smallest absolute Gasteiger partial charge is 0.158 e. The van der Waals surface area contributed by atoms with Crippen LogP contribution in [-0.4, -0.2) is 69.1 Å². The van der Waals surface area contributed by atoms with Gasteiger partial charge in [-0.3, -0.25) is 0 Å². The standard InChI is InChI=1S/C14H30N2O2/c1-5-17-14(18-6-2)9-12-16-10-7-13(8-11-16)15(3)4/h13-14H,5-12H2,1-4H3. The van der Waals surface area contributed by atoms with Gasteiger partial charge in [-0.25, -0.2) is 0 Å². The first kappa shape index (κ1) is 15.9. The van der Waals surface area contributed by atoms with E-state index in [1.165, 1.54) is 25.9 Å². The van der Waals surface area contributed by atoms with E-state index in [1.54, 1.807) is 0 Å². The van der Waals surface area contributed by atoms with Crippen LogP contribution in [0.1, 0.15) is 33.1 Å². The van der Waals surface area contributed by atoms with Crippen LogP contribution in [0, 0.1) is 0 Å².